The molecule has 0 spiro atoms. The number of likely N-dealkylation sites (N-methyl/N-ethyl adjacent to an activating group) is 1. The molecule has 1 aliphatic heterocycles. The minimum absolute atomic E-state index is 0.160. The Kier molecular flexibility index (Phi) is 4.31. The van der Waals surface area contributed by atoms with E-state index in [1.165, 1.54) is 24.7 Å². The molecular weight excluding hydrogens is 371 g/mol. The number of aromatic nitrogens is 4. The lowest BCUT2D eigenvalue weighted by atomic mass is 10.1. The number of hydrogen-bond acceptors (Lipinski definition) is 7. The van der Waals surface area contributed by atoms with Gasteiger partial charge in [-0.3, -0.25) is 0 Å². The van der Waals surface area contributed by atoms with Gasteiger partial charge in [0.05, 0.1) is 23.6 Å². The molecule has 2 aliphatic rings. The number of halogens is 1. The second-order valence-corrected chi connectivity index (χ2v) is 7.60. The van der Waals surface area contributed by atoms with Crippen LogP contribution >= 0.6 is 0 Å². The SMILES string of the molecule is Cc1c(CNc2ncc(F)c(NC3C=C(C4CC4)NN3C)n2)ccc2[nH]cnc12. The van der Waals surface area contributed by atoms with Crippen LogP contribution in [0.25, 0.3) is 11.0 Å². The molecule has 0 saturated heterocycles. The molecule has 4 N–H and O–H groups in total. The van der Waals surface area contributed by atoms with Gasteiger partial charge in [-0.1, -0.05) is 6.07 Å². The quantitative estimate of drug-likeness (QED) is 0.511. The maximum Gasteiger partial charge on any atom is 0.225 e. The first-order valence-electron chi connectivity index (χ1n) is 9.74. The molecule has 3 aromatic rings. The fraction of sp³-hybridized carbons (Fsp3) is 0.350. The molecule has 9 heteroatoms. The van der Waals surface area contributed by atoms with E-state index in [0.29, 0.717) is 18.4 Å². The molecule has 1 unspecified atom stereocenters. The van der Waals surface area contributed by atoms with Crippen molar-refractivity contribution >= 4 is 22.8 Å². The van der Waals surface area contributed by atoms with Crippen molar-refractivity contribution in [3.05, 3.63) is 53.4 Å². The highest BCUT2D eigenvalue weighted by Crippen LogP contribution is 2.37. The number of anilines is 2. The van der Waals surface area contributed by atoms with Crippen LogP contribution in [0.15, 0.2) is 36.4 Å². The lowest BCUT2D eigenvalue weighted by Gasteiger charge is -2.21. The fourth-order valence-electron chi connectivity index (χ4n) is 3.60. The van der Waals surface area contributed by atoms with Crippen molar-refractivity contribution in [1.29, 1.82) is 0 Å². The summed E-state index contributed by atoms with van der Waals surface area (Å²) in [6.45, 7) is 2.56. The molecule has 1 aliphatic carbocycles. The molecular formula is C20H23FN8. The second-order valence-electron chi connectivity index (χ2n) is 7.60. The molecule has 2 aromatic heterocycles. The predicted molar refractivity (Wildman–Crippen MR) is 109 cm³/mol. The fourth-order valence-corrected chi connectivity index (χ4v) is 3.60. The average Bonchev–Trinajstić information content (AvgIpc) is 3.34. The number of nitrogens with zero attached hydrogens (tertiary/aromatic N) is 4. The Morgan fingerprint density at radius 1 is 1.28 bits per heavy atom. The van der Waals surface area contributed by atoms with Crippen LogP contribution in [0.3, 0.4) is 0 Å². The van der Waals surface area contributed by atoms with Crippen LogP contribution in [-0.4, -0.2) is 38.2 Å². The lowest BCUT2D eigenvalue weighted by Crippen LogP contribution is -2.39. The number of rotatable bonds is 6. The van der Waals surface area contributed by atoms with Gasteiger partial charge in [0.15, 0.2) is 11.6 Å². The molecule has 1 atom stereocenters. The van der Waals surface area contributed by atoms with Gasteiger partial charge in [-0.25, -0.2) is 19.4 Å². The van der Waals surface area contributed by atoms with Crippen LogP contribution in [0.1, 0.15) is 24.0 Å². The van der Waals surface area contributed by atoms with Gasteiger partial charge < -0.3 is 21.0 Å². The van der Waals surface area contributed by atoms with Gasteiger partial charge in [0.1, 0.15) is 6.17 Å². The molecule has 3 heterocycles. The molecule has 1 fully saturated rings. The van der Waals surface area contributed by atoms with Gasteiger partial charge in [-0.2, -0.15) is 4.98 Å². The summed E-state index contributed by atoms with van der Waals surface area (Å²) in [7, 11) is 1.93. The maximum atomic E-state index is 14.3. The molecule has 0 amide bonds. The summed E-state index contributed by atoms with van der Waals surface area (Å²) in [4.78, 5) is 15.9. The molecule has 5 rings (SSSR count). The summed E-state index contributed by atoms with van der Waals surface area (Å²) in [6.07, 6.45) is 7.22. The monoisotopic (exact) mass is 394 g/mol. The number of fused-ring (bicyclic) bond motifs is 1. The Balaban J connectivity index is 1.30. The molecule has 150 valence electrons. The van der Waals surface area contributed by atoms with Crippen LogP contribution < -0.4 is 16.1 Å². The Morgan fingerprint density at radius 2 is 2.14 bits per heavy atom. The first kappa shape index (κ1) is 17.9. The summed E-state index contributed by atoms with van der Waals surface area (Å²) in [5, 5.41) is 8.26. The summed E-state index contributed by atoms with van der Waals surface area (Å²) < 4.78 is 14.3. The molecule has 29 heavy (non-hydrogen) atoms. The third-order valence-corrected chi connectivity index (χ3v) is 5.50. The van der Waals surface area contributed by atoms with Gasteiger partial charge in [-0.15, -0.1) is 0 Å². The first-order chi connectivity index (χ1) is 14.1. The third-order valence-electron chi connectivity index (χ3n) is 5.50. The summed E-state index contributed by atoms with van der Waals surface area (Å²) >= 11 is 0. The van der Waals surface area contributed by atoms with E-state index in [2.05, 4.69) is 42.1 Å². The highest BCUT2D eigenvalue weighted by molar-refractivity contribution is 5.79. The standard InChI is InChI=1S/C20H23FN8/c1-11-13(5-6-15-18(11)25-10-24-15)8-22-20-23-9-14(21)19(27-20)26-17-7-16(12-3-4-12)28-29(17)2/h5-7,9-10,12,17,28H,3-4,8H2,1-2H3,(H,24,25)(H2,22,23,26,27). The van der Waals surface area contributed by atoms with E-state index in [1.807, 2.05) is 31.1 Å². The minimum Gasteiger partial charge on any atom is -0.350 e. The molecule has 1 saturated carbocycles. The van der Waals surface area contributed by atoms with Crippen molar-refractivity contribution in [2.75, 3.05) is 17.7 Å². The largest absolute Gasteiger partial charge is 0.350 e. The lowest BCUT2D eigenvalue weighted by molar-refractivity contribution is 0.261. The van der Waals surface area contributed by atoms with Crippen LogP contribution in [-0.2, 0) is 6.54 Å². The minimum atomic E-state index is -0.480. The number of H-pyrrole nitrogens is 1. The number of aryl methyl sites for hydroxylation is 1. The van der Waals surface area contributed by atoms with Gasteiger partial charge in [0, 0.05) is 19.3 Å². The third kappa shape index (κ3) is 3.49. The molecule has 8 nitrogen and oxygen atoms in total. The number of nitrogens with one attached hydrogen (secondary N) is 4. The van der Waals surface area contributed by atoms with Gasteiger partial charge in [0.2, 0.25) is 5.95 Å². The van der Waals surface area contributed by atoms with E-state index in [4.69, 9.17) is 0 Å². The van der Waals surface area contributed by atoms with E-state index in [-0.39, 0.29) is 12.0 Å². The summed E-state index contributed by atoms with van der Waals surface area (Å²) in [6, 6.07) is 4.03. The zero-order valence-electron chi connectivity index (χ0n) is 16.3. The van der Waals surface area contributed by atoms with E-state index in [9.17, 15) is 4.39 Å². The Bertz CT molecular complexity index is 1090. The van der Waals surface area contributed by atoms with Crippen molar-refractivity contribution in [3.63, 3.8) is 0 Å². The van der Waals surface area contributed by atoms with Crippen LogP contribution in [0.4, 0.5) is 16.2 Å². The molecule has 1 aromatic carbocycles. The average molecular weight is 394 g/mol. The number of hydrazine groups is 1. The van der Waals surface area contributed by atoms with Crippen LogP contribution in [0.5, 0.6) is 0 Å². The molecule has 0 bridgehead atoms. The Morgan fingerprint density at radius 3 is 2.97 bits per heavy atom. The van der Waals surface area contributed by atoms with E-state index in [1.54, 1.807) is 6.33 Å². The van der Waals surface area contributed by atoms with Crippen LogP contribution in [0, 0.1) is 18.7 Å². The van der Waals surface area contributed by atoms with Crippen molar-refractivity contribution in [2.45, 2.75) is 32.5 Å². The van der Waals surface area contributed by atoms with Gasteiger partial charge in [0.25, 0.3) is 0 Å². The topological polar surface area (TPSA) is 93.8 Å². The highest BCUT2D eigenvalue weighted by Gasteiger charge is 2.32. The zero-order chi connectivity index (χ0) is 20.0. The normalized spacial score (nSPS) is 19.3. The number of allylic oxidation sites excluding steroid dienone is 1. The van der Waals surface area contributed by atoms with Gasteiger partial charge >= 0.3 is 0 Å². The number of imidazole rings is 1. The van der Waals surface area contributed by atoms with E-state index >= 15 is 0 Å². The number of benzene rings is 1. The first-order valence-corrected chi connectivity index (χ1v) is 9.74. The van der Waals surface area contributed by atoms with Crippen molar-refractivity contribution in [2.24, 2.45) is 5.92 Å². The van der Waals surface area contributed by atoms with E-state index < -0.39 is 5.82 Å². The van der Waals surface area contributed by atoms with Crippen molar-refractivity contribution < 1.29 is 4.39 Å². The van der Waals surface area contributed by atoms with Crippen LogP contribution in [0.2, 0.25) is 0 Å². The van der Waals surface area contributed by atoms with E-state index in [0.717, 1.165) is 22.2 Å². The predicted octanol–water partition coefficient (Wildman–Crippen LogP) is 2.89. The zero-order valence-corrected chi connectivity index (χ0v) is 16.3. The summed E-state index contributed by atoms with van der Waals surface area (Å²) in [5.41, 5.74) is 8.65. The number of aromatic amines is 1. The Hall–Kier alpha value is -3.20. The van der Waals surface area contributed by atoms with Crippen molar-refractivity contribution in [3.8, 4) is 0 Å². The Labute approximate surface area is 167 Å². The molecule has 0 radical (unpaired) electrons. The maximum absolute atomic E-state index is 14.3. The highest BCUT2D eigenvalue weighted by atomic mass is 19.1. The smallest absolute Gasteiger partial charge is 0.225 e. The summed E-state index contributed by atoms with van der Waals surface area (Å²) in [5.74, 6) is 0.669. The number of hydrogen-bond donors (Lipinski definition) is 4. The van der Waals surface area contributed by atoms with Gasteiger partial charge in [-0.05, 0) is 49.0 Å². The second kappa shape index (κ2) is 7.00. The van der Waals surface area contributed by atoms with Crippen molar-refractivity contribution in [1.82, 2.24) is 30.4 Å².